The van der Waals surface area contributed by atoms with E-state index in [9.17, 15) is 24.3 Å². The van der Waals surface area contributed by atoms with E-state index in [0.29, 0.717) is 60.8 Å². The highest BCUT2D eigenvalue weighted by molar-refractivity contribution is 9.11. The number of carbonyl (C=O) groups is 3. The van der Waals surface area contributed by atoms with E-state index in [4.69, 9.17) is 4.74 Å². The summed E-state index contributed by atoms with van der Waals surface area (Å²) in [6.07, 6.45) is 2.13. The van der Waals surface area contributed by atoms with E-state index >= 15 is 0 Å². The van der Waals surface area contributed by atoms with Gasteiger partial charge in [0.1, 0.15) is 11.8 Å². The molecule has 0 saturated carbocycles. The number of halogens is 2. The van der Waals surface area contributed by atoms with Gasteiger partial charge in [-0.05, 0) is 92.9 Å². The van der Waals surface area contributed by atoms with Gasteiger partial charge in [0.25, 0.3) is 0 Å². The largest absolute Gasteiger partial charge is 0.506 e. The molecule has 4 aromatic rings. The van der Waals surface area contributed by atoms with Gasteiger partial charge in [0.2, 0.25) is 5.91 Å². The van der Waals surface area contributed by atoms with E-state index in [0.717, 1.165) is 22.2 Å². The lowest BCUT2D eigenvalue weighted by atomic mass is 9.72. The number of piperidine rings is 2. The Kier molecular flexibility index (Phi) is 9.98. The van der Waals surface area contributed by atoms with Crippen molar-refractivity contribution in [1.82, 2.24) is 24.7 Å². The van der Waals surface area contributed by atoms with Crippen LogP contribution in [0.2, 0.25) is 0 Å². The summed E-state index contributed by atoms with van der Waals surface area (Å²) >= 11 is 6.74. The number of benzene rings is 3. The molecule has 48 heavy (non-hydrogen) atoms. The number of aromatic nitrogens is 2. The van der Waals surface area contributed by atoms with Crippen LogP contribution in [0.1, 0.15) is 42.9 Å². The lowest BCUT2D eigenvalue weighted by Gasteiger charge is -2.41. The number of aromatic amines is 1. The fraction of sp³-hybridized carbons (Fsp3) is 0.371. The van der Waals surface area contributed by atoms with Gasteiger partial charge in [0.05, 0.1) is 32.5 Å². The molecule has 3 N–H and O–H groups in total. The van der Waals surface area contributed by atoms with Gasteiger partial charge in [0.15, 0.2) is 0 Å². The molecule has 2 aliphatic heterocycles. The van der Waals surface area contributed by atoms with Crippen LogP contribution in [-0.2, 0) is 26.2 Å². The van der Waals surface area contributed by atoms with Crippen molar-refractivity contribution < 1.29 is 24.2 Å². The van der Waals surface area contributed by atoms with Crippen molar-refractivity contribution in [2.45, 2.75) is 49.6 Å². The molecule has 13 heteroatoms. The number of phenols is 1. The molecule has 0 spiro atoms. The molecule has 6 rings (SSSR count). The Labute approximate surface area is 294 Å². The second-order valence-electron chi connectivity index (χ2n) is 12.4. The van der Waals surface area contributed by atoms with E-state index in [-0.39, 0.29) is 41.8 Å². The maximum Gasteiger partial charge on any atom is 0.326 e. The summed E-state index contributed by atoms with van der Waals surface area (Å²) in [6.45, 7) is 1.45. The molecule has 3 aromatic carbocycles. The molecule has 252 valence electrons. The van der Waals surface area contributed by atoms with E-state index in [1.54, 1.807) is 26.5 Å². The second-order valence-corrected chi connectivity index (χ2v) is 14.1. The maximum atomic E-state index is 14.2. The maximum absolute atomic E-state index is 14.2. The number of imidazole rings is 1. The summed E-state index contributed by atoms with van der Waals surface area (Å²) < 4.78 is 7.92. The lowest BCUT2D eigenvalue weighted by Crippen LogP contribution is -2.57. The monoisotopic (exact) mass is 781 g/mol. The molecule has 2 aliphatic rings. The van der Waals surface area contributed by atoms with Crippen molar-refractivity contribution in [2.75, 3.05) is 33.3 Å². The zero-order chi connectivity index (χ0) is 34.0. The Morgan fingerprint density at radius 1 is 0.958 bits per heavy atom. The van der Waals surface area contributed by atoms with Crippen molar-refractivity contribution in [1.29, 1.82) is 0 Å². The standard InChI is InChI=1S/C35H37Br2N5O6/c1-48-32(45)35(23-7-3-2-4-8-23)13-17-40(18-14-35)31(44)28(21-22-19-25(36)30(43)26(37)20-22)39-33(46)41-15-11-24(12-16-41)42-29-10-6-5-9-27(29)38-34(42)47/h2-10,19-20,24,28,43H,11-18,21H2,1H3,(H,38,47)(H,39,46)/t28-/m1/s1. The van der Waals surface area contributed by atoms with Gasteiger partial charge in [-0.3, -0.25) is 14.2 Å². The molecule has 0 aliphatic carbocycles. The third-order valence-corrected chi connectivity index (χ3v) is 10.9. The fourth-order valence-electron chi connectivity index (χ4n) is 7.07. The van der Waals surface area contributed by atoms with Crippen LogP contribution in [0.3, 0.4) is 0 Å². The highest BCUT2D eigenvalue weighted by Crippen LogP contribution is 2.38. The predicted molar refractivity (Wildman–Crippen MR) is 188 cm³/mol. The number of ether oxygens (including phenoxy) is 1. The molecule has 3 amide bonds. The number of aromatic hydroxyl groups is 1. The summed E-state index contributed by atoms with van der Waals surface area (Å²) in [6, 6.07) is 19.2. The number of rotatable bonds is 7. The quantitative estimate of drug-likeness (QED) is 0.219. The molecule has 11 nitrogen and oxygen atoms in total. The van der Waals surface area contributed by atoms with Crippen molar-refractivity contribution in [3.05, 3.63) is 97.3 Å². The zero-order valence-electron chi connectivity index (χ0n) is 26.5. The first-order chi connectivity index (χ1) is 23.1. The third-order valence-electron chi connectivity index (χ3n) is 9.68. The number of likely N-dealkylation sites (tertiary alicyclic amines) is 2. The number of esters is 1. The van der Waals surface area contributed by atoms with E-state index < -0.39 is 11.5 Å². The third kappa shape index (κ3) is 6.62. The van der Waals surface area contributed by atoms with Crippen LogP contribution in [0.15, 0.2) is 80.5 Å². The number of H-pyrrole nitrogens is 1. The summed E-state index contributed by atoms with van der Waals surface area (Å²) in [5, 5.41) is 13.3. The first-order valence-electron chi connectivity index (χ1n) is 16.0. The number of amides is 3. The second kappa shape index (κ2) is 14.2. The van der Waals surface area contributed by atoms with E-state index in [2.05, 4.69) is 42.2 Å². The number of hydrogen-bond donors (Lipinski definition) is 3. The average Bonchev–Trinajstić information content (AvgIpc) is 3.45. The smallest absolute Gasteiger partial charge is 0.326 e. The van der Waals surface area contributed by atoms with Crippen LogP contribution in [0.25, 0.3) is 11.0 Å². The Bertz CT molecular complexity index is 1850. The number of methoxy groups -OCH3 is 1. The van der Waals surface area contributed by atoms with Gasteiger partial charge in [-0.25, -0.2) is 9.59 Å². The number of phenolic OH excluding ortho intramolecular Hbond substituents is 1. The van der Waals surface area contributed by atoms with Crippen LogP contribution >= 0.6 is 31.9 Å². The van der Waals surface area contributed by atoms with Crippen LogP contribution in [0.5, 0.6) is 5.75 Å². The first kappa shape index (κ1) is 33.8. The van der Waals surface area contributed by atoms with Gasteiger partial charge < -0.3 is 29.9 Å². The summed E-state index contributed by atoms with van der Waals surface area (Å²) in [5.74, 6) is -0.544. The molecular formula is C35H37Br2N5O6. The van der Waals surface area contributed by atoms with Crippen LogP contribution in [0, 0.1) is 0 Å². The fourth-order valence-corrected chi connectivity index (χ4v) is 8.35. The molecule has 1 atom stereocenters. The number of hydrogen-bond acceptors (Lipinski definition) is 6. The van der Waals surface area contributed by atoms with Gasteiger partial charge in [-0.2, -0.15) is 0 Å². The van der Waals surface area contributed by atoms with Crippen molar-refractivity contribution in [3.8, 4) is 5.75 Å². The number of para-hydroxylation sites is 2. The minimum atomic E-state index is -0.905. The topological polar surface area (TPSA) is 137 Å². The molecule has 0 unspecified atom stereocenters. The number of fused-ring (bicyclic) bond motifs is 1. The Hall–Kier alpha value is -4.10. The van der Waals surface area contributed by atoms with Gasteiger partial charge in [-0.15, -0.1) is 0 Å². The number of carbonyl (C=O) groups excluding carboxylic acids is 3. The van der Waals surface area contributed by atoms with Gasteiger partial charge in [0, 0.05) is 38.6 Å². The van der Waals surface area contributed by atoms with E-state index in [1.165, 1.54) is 7.11 Å². The Morgan fingerprint density at radius 3 is 2.23 bits per heavy atom. The first-order valence-corrected chi connectivity index (χ1v) is 17.5. The Balaban J connectivity index is 1.18. The Morgan fingerprint density at radius 2 is 1.58 bits per heavy atom. The molecule has 0 radical (unpaired) electrons. The highest BCUT2D eigenvalue weighted by atomic mass is 79.9. The summed E-state index contributed by atoms with van der Waals surface area (Å²) in [7, 11) is 1.38. The molecule has 2 saturated heterocycles. The van der Waals surface area contributed by atoms with Crippen LogP contribution < -0.4 is 11.0 Å². The average molecular weight is 784 g/mol. The lowest BCUT2D eigenvalue weighted by molar-refractivity contribution is -0.151. The normalized spacial score (nSPS) is 17.2. The van der Waals surface area contributed by atoms with Crippen LogP contribution in [-0.4, -0.2) is 81.7 Å². The molecule has 3 heterocycles. The van der Waals surface area contributed by atoms with Crippen molar-refractivity contribution in [3.63, 3.8) is 0 Å². The van der Waals surface area contributed by atoms with E-state index in [1.807, 2.05) is 54.6 Å². The summed E-state index contributed by atoms with van der Waals surface area (Å²) in [5.41, 5.74) is 2.17. The van der Waals surface area contributed by atoms with Crippen molar-refractivity contribution >= 4 is 60.8 Å². The van der Waals surface area contributed by atoms with Crippen molar-refractivity contribution in [2.24, 2.45) is 0 Å². The molecule has 2 fully saturated rings. The number of nitrogens with zero attached hydrogens (tertiary/aromatic N) is 3. The SMILES string of the molecule is COC(=O)C1(c2ccccc2)CCN(C(=O)[C@@H](Cc2cc(Br)c(O)c(Br)c2)NC(=O)N2CCC(n3c(=O)[nH]c4ccccc43)CC2)CC1. The van der Waals surface area contributed by atoms with Gasteiger partial charge >= 0.3 is 17.7 Å². The number of nitrogens with one attached hydrogen (secondary N) is 2. The number of urea groups is 1. The zero-order valence-corrected chi connectivity index (χ0v) is 29.6. The van der Waals surface area contributed by atoms with Crippen LogP contribution in [0.4, 0.5) is 4.79 Å². The minimum absolute atomic E-state index is 0.0407. The van der Waals surface area contributed by atoms with Gasteiger partial charge in [-0.1, -0.05) is 42.5 Å². The molecule has 1 aromatic heterocycles. The predicted octanol–water partition coefficient (Wildman–Crippen LogP) is 5.25. The molecule has 0 bridgehead atoms. The minimum Gasteiger partial charge on any atom is -0.506 e. The highest BCUT2D eigenvalue weighted by Gasteiger charge is 2.45. The molecular weight excluding hydrogens is 746 g/mol. The summed E-state index contributed by atoms with van der Waals surface area (Å²) in [4.78, 5) is 60.1.